The van der Waals surface area contributed by atoms with Gasteiger partial charge in [-0.25, -0.2) is 9.80 Å². The molecular weight excluding hydrogens is 486 g/mol. The lowest BCUT2D eigenvalue weighted by atomic mass is 9.98. The van der Waals surface area contributed by atoms with Crippen LogP contribution in [0.2, 0.25) is 0 Å². The lowest BCUT2D eigenvalue weighted by Crippen LogP contribution is -2.76. The van der Waals surface area contributed by atoms with Crippen molar-refractivity contribution in [2.45, 2.75) is 44.6 Å². The van der Waals surface area contributed by atoms with Crippen LogP contribution in [0.25, 0.3) is 0 Å². The van der Waals surface area contributed by atoms with E-state index >= 15 is 0 Å². The standard InChI is InChI=1S/C28H31N5O5/c1-3-16-30-19-25(34)32-23(14-15-26(35)36)27(37)31(20(2)22-12-8-5-9-13-22)18-24(32)33(30)28(38)29-17-21-10-6-4-7-11-21/h1,4-13,20,23-24H,14-19H2,2H3,(H,29,38)(H,35,36)/t20-,23+,24+/m1/s1. The van der Waals surface area contributed by atoms with Crippen LogP contribution in [-0.4, -0.2) is 80.6 Å². The number of amides is 4. The predicted molar refractivity (Wildman–Crippen MR) is 139 cm³/mol. The van der Waals surface area contributed by atoms with E-state index in [1.54, 1.807) is 4.90 Å². The first kappa shape index (κ1) is 26.7. The summed E-state index contributed by atoms with van der Waals surface area (Å²) in [6.07, 6.45) is 4.36. The number of terminal acetylenes is 1. The van der Waals surface area contributed by atoms with E-state index in [1.807, 2.05) is 67.6 Å². The number of hydrogen-bond acceptors (Lipinski definition) is 5. The molecule has 2 saturated heterocycles. The van der Waals surface area contributed by atoms with Crippen LogP contribution < -0.4 is 5.32 Å². The maximum absolute atomic E-state index is 13.7. The Hall–Kier alpha value is -4.36. The molecular formula is C28H31N5O5. The Labute approximate surface area is 221 Å². The van der Waals surface area contributed by atoms with Crippen LogP contribution in [0.4, 0.5) is 4.79 Å². The maximum atomic E-state index is 13.7. The Balaban J connectivity index is 1.69. The van der Waals surface area contributed by atoms with Gasteiger partial charge in [-0.05, 0) is 24.5 Å². The number of fused-ring (bicyclic) bond motifs is 1. The van der Waals surface area contributed by atoms with Crippen LogP contribution in [-0.2, 0) is 20.9 Å². The van der Waals surface area contributed by atoms with E-state index in [0.717, 1.165) is 11.1 Å². The van der Waals surface area contributed by atoms with Gasteiger partial charge in [0, 0.05) is 13.0 Å². The van der Waals surface area contributed by atoms with Gasteiger partial charge in [-0.15, -0.1) is 6.42 Å². The average molecular weight is 518 g/mol. The Bertz CT molecular complexity index is 1220. The summed E-state index contributed by atoms with van der Waals surface area (Å²) in [7, 11) is 0. The first-order valence-corrected chi connectivity index (χ1v) is 12.5. The third-order valence-electron chi connectivity index (χ3n) is 6.93. The highest BCUT2D eigenvalue weighted by molar-refractivity contribution is 5.92. The van der Waals surface area contributed by atoms with Crippen LogP contribution in [0.1, 0.15) is 36.9 Å². The molecule has 3 atom stereocenters. The summed E-state index contributed by atoms with van der Waals surface area (Å²) in [5.74, 6) is 0.710. The average Bonchev–Trinajstić information content (AvgIpc) is 2.92. The van der Waals surface area contributed by atoms with Gasteiger partial charge in [0.15, 0.2) is 0 Å². The van der Waals surface area contributed by atoms with Gasteiger partial charge in [0.2, 0.25) is 11.8 Å². The minimum absolute atomic E-state index is 0.0107. The first-order chi connectivity index (χ1) is 18.3. The number of carbonyl (C=O) groups is 4. The normalized spacial score (nSPS) is 20.5. The molecule has 38 heavy (non-hydrogen) atoms. The number of benzene rings is 2. The zero-order valence-corrected chi connectivity index (χ0v) is 21.2. The molecule has 4 rings (SSSR count). The fourth-order valence-electron chi connectivity index (χ4n) is 5.05. The Morgan fingerprint density at radius 2 is 1.76 bits per heavy atom. The second-order valence-electron chi connectivity index (χ2n) is 9.32. The zero-order chi connectivity index (χ0) is 27.2. The number of piperazine rings is 1. The number of nitrogens with zero attached hydrogens (tertiary/aromatic N) is 4. The van der Waals surface area contributed by atoms with Crippen molar-refractivity contribution in [2.24, 2.45) is 0 Å². The second-order valence-corrected chi connectivity index (χ2v) is 9.32. The van der Waals surface area contributed by atoms with Gasteiger partial charge in [-0.1, -0.05) is 66.6 Å². The molecule has 4 amide bonds. The number of hydrogen-bond donors (Lipinski definition) is 2. The third kappa shape index (κ3) is 5.63. The fraction of sp³-hybridized carbons (Fsp3) is 0.357. The van der Waals surface area contributed by atoms with E-state index in [9.17, 15) is 24.3 Å². The van der Waals surface area contributed by atoms with Crippen molar-refractivity contribution in [3.63, 3.8) is 0 Å². The van der Waals surface area contributed by atoms with Crippen molar-refractivity contribution < 1.29 is 24.3 Å². The molecule has 0 aromatic heterocycles. The molecule has 0 bridgehead atoms. The molecule has 0 spiro atoms. The minimum atomic E-state index is -1.07. The van der Waals surface area contributed by atoms with Crippen molar-refractivity contribution >= 4 is 23.8 Å². The summed E-state index contributed by atoms with van der Waals surface area (Å²) in [5.41, 5.74) is 1.78. The van der Waals surface area contributed by atoms with Crippen LogP contribution >= 0.6 is 0 Å². The Morgan fingerprint density at radius 3 is 2.39 bits per heavy atom. The molecule has 2 heterocycles. The summed E-state index contributed by atoms with van der Waals surface area (Å²) in [6, 6.07) is 17.0. The summed E-state index contributed by atoms with van der Waals surface area (Å²) in [6.45, 7) is 1.98. The number of aliphatic carboxylic acids is 1. The summed E-state index contributed by atoms with van der Waals surface area (Å²) < 4.78 is 0. The number of carboxylic acids is 1. The Kier molecular flexibility index (Phi) is 8.28. The second kappa shape index (κ2) is 11.8. The quantitative estimate of drug-likeness (QED) is 0.519. The van der Waals surface area contributed by atoms with E-state index in [4.69, 9.17) is 6.42 Å². The number of carboxylic acid groups (broad SMARTS) is 1. The topological polar surface area (TPSA) is 114 Å². The molecule has 2 aliphatic rings. The molecule has 0 unspecified atom stereocenters. The molecule has 2 fully saturated rings. The zero-order valence-electron chi connectivity index (χ0n) is 21.2. The van der Waals surface area contributed by atoms with E-state index in [0.29, 0.717) is 0 Å². The molecule has 198 valence electrons. The van der Waals surface area contributed by atoms with Crippen LogP contribution in [0, 0.1) is 12.3 Å². The molecule has 2 aromatic rings. The largest absolute Gasteiger partial charge is 0.481 e. The van der Waals surface area contributed by atoms with Gasteiger partial charge in [-0.2, -0.15) is 5.01 Å². The van der Waals surface area contributed by atoms with Gasteiger partial charge in [0.1, 0.15) is 12.2 Å². The first-order valence-electron chi connectivity index (χ1n) is 12.5. The van der Waals surface area contributed by atoms with Crippen molar-refractivity contribution in [3.8, 4) is 12.3 Å². The predicted octanol–water partition coefficient (Wildman–Crippen LogP) is 2.05. The minimum Gasteiger partial charge on any atom is -0.481 e. The highest BCUT2D eigenvalue weighted by Crippen LogP contribution is 2.33. The summed E-state index contributed by atoms with van der Waals surface area (Å²) in [5, 5.41) is 15.2. The summed E-state index contributed by atoms with van der Waals surface area (Å²) in [4.78, 5) is 55.1. The molecule has 0 radical (unpaired) electrons. The van der Waals surface area contributed by atoms with Gasteiger partial charge in [-0.3, -0.25) is 14.4 Å². The Morgan fingerprint density at radius 1 is 1.11 bits per heavy atom. The molecule has 10 heteroatoms. The maximum Gasteiger partial charge on any atom is 0.334 e. The van der Waals surface area contributed by atoms with E-state index < -0.39 is 24.2 Å². The van der Waals surface area contributed by atoms with Crippen molar-refractivity contribution in [1.29, 1.82) is 0 Å². The van der Waals surface area contributed by atoms with Crippen molar-refractivity contribution in [1.82, 2.24) is 25.1 Å². The van der Waals surface area contributed by atoms with Crippen molar-refractivity contribution in [2.75, 3.05) is 19.6 Å². The number of rotatable bonds is 8. The van der Waals surface area contributed by atoms with Crippen LogP contribution in [0.5, 0.6) is 0 Å². The van der Waals surface area contributed by atoms with E-state index in [2.05, 4.69) is 11.2 Å². The summed E-state index contributed by atoms with van der Waals surface area (Å²) >= 11 is 0. The molecule has 0 aliphatic carbocycles. The monoisotopic (exact) mass is 517 g/mol. The lowest BCUT2D eigenvalue weighted by Gasteiger charge is -2.55. The molecule has 2 aromatic carbocycles. The van der Waals surface area contributed by atoms with Crippen LogP contribution in [0.15, 0.2) is 60.7 Å². The molecule has 2 aliphatic heterocycles. The number of nitrogens with one attached hydrogen (secondary N) is 1. The lowest BCUT2D eigenvalue weighted by molar-refractivity contribution is -0.191. The SMILES string of the molecule is C#CCN1CC(=O)N2[C@@H](CCC(=O)O)C(=O)N([C@H](C)c3ccccc3)C[C@@H]2N1C(=O)NCc1ccccc1. The fourth-order valence-corrected chi connectivity index (χ4v) is 5.05. The smallest absolute Gasteiger partial charge is 0.334 e. The van der Waals surface area contributed by atoms with Gasteiger partial charge < -0.3 is 20.2 Å². The van der Waals surface area contributed by atoms with E-state index in [-0.39, 0.29) is 56.9 Å². The van der Waals surface area contributed by atoms with Crippen molar-refractivity contribution in [3.05, 3.63) is 71.8 Å². The number of urea groups is 1. The van der Waals surface area contributed by atoms with Gasteiger partial charge in [0.25, 0.3) is 0 Å². The third-order valence-corrected chi connectivity index (χ3v) is 6.93. The van der Waals surface area contributed by atoms with Gasteiger partial charge in [0.05, 0.1) is 25.7 Å². The van der Waals surface area contributed by atoms with Crippen LogP contribution in [0.3, 0.4) is 0 Å². The van der Waals surface area contributed by atoms with E-state index in [1.165, 1.54) is 14.9 Å². The van der Waals surface area contributed by atoms with Gasteiger partial charge >= 0.3 is 12.0 Å². The highest BCUT2D eigenvalue weighted by Gasteiger charge is 2.52. The molecule has 10 nitrogen and oxygen atoms in total. The molecule has 2 N–H and O–H groups in total. The highest BCUT2D eigenvalue weighted by atomic mass is 16.4. The molecule has 0 saturated carbocycles. The number of carbonyl (C=O) groups excluding carboxylic acids is 3. The number of hydrazine groups is 1.